The Balaban J connectivity index is 1.71. The molecule has 122 valence electrons. The highest BCUT2D eigenvalue weighted by Crippen LogP contribution is 2.13. The topological polar surface area (TPSA) is 87.1 Å². The number of guanidine groups is 1. The molecule has 0 spiro atoms. The Kier molecular flexibility index (Phi) is 5.03. The predicted molar refractivity (Wildman–Crippen MR) is 99.5 cm³/mol. The number of nitriles is 1. The standard InChI is InChI=1S/C20H17N5/c21-14-16-9-11-17(12-10-16)24-20(22)25-19-8-4-7-18(23-19)13-15-5-2-1-3-6-15/h1-12H,13H2,(H3,22,23,24,25). The van der Waals surface area contributed by atoms with E-state index in [4.69, 9.17) is 11.0 Å². The molecule has 5 heteroatoms. The van der Waals surface area contributed by atoms with Crippen molar-refractivity contribution >= 4 is 17.5 Å². The molecule has 3 aromatic rings. The molecular weight excluding hydrogens is 310 g/mol. The minimum atomic E-state index is 0.245. The lowest BCUT2D eigenvalue weighted by Crippen LogP contribution is -2.22. The van der Waals surface area contributed by atoms with E-state index in [2.05, 4.69) is 33.5 Å². The van der Waals surface area contributed by atoms with Crippen LogP contribution in [0.5, 0.6) is 0 Å². The fourth-order valence-electron chi connectivity index (χ4n) is 2.36. The molecule has 5 nitrogen and oxygen atoms in total. The molecule has 0 fully saturated rings. The summed E-state index contributed by atoms with van der Waals surface area (Å²) in [6.45, 7) is 0. The summed E-state index contributed by atoms with van der Waals surface area (Å²) in [5, 5.41) is 11.8. The van der Waals surface area contributed by atoms with Crippen LogP contribution in [0.25, 0.3) is 0 Å². The van der Waals surface area contributed by atoms with Crippen molar-refractivity contribution in [1.82, 2.24) is 4.98 Å². The zero-order valence-corrected chi connectivity index (χ0v) is 13.6. The van der Waals surface area contributed by atoms with Gasteiger partial charge in [0.2, 0.25) is 0 Å². The Morgan fingerprint density at radius 2 is 1.76 bits per heavy atom. The third-order valence-corrected chi connectivity index (χ3v) is 3.54. The largest absolute Gasteiger partial charge is 0.369 e. The number of hydrogen-bond acceptors (Lipinski definition) is 3. The van der Waals surface area contributed by atoms with Crippen molar-refractivity contribution in [2.75, 3.05) is 5.32 Å². The second-order valence-corrected chi connectivity index (χ2v) is 5.46. The number of nitrogens with zero attached hydrogens (tertiary/aromatic N) is 3. The lowest BCUT2D eigenvalue weighted by Gasteiger charge is -2.06. The van der Waals surface area contributed by atoms with Gasteiger partial charge < -0.3 is 11.1 Å². The van der Waals surface area contributed by atoms with Gasteiger partial charge in [0, 0.05) is 17.8 Å². The molecule has 1 heterocycles. The van der Waals surface area contributed by atoms with E-state index in [1.54, 1.807) is 24.3 Å². The van der Waals surface area contributed by atoms with Crippen LogP contribution in [0, 0.1) is 11.3 Å². The van der Waals surface area contributed by atoms with Crippen LogP contribution < -0.4 is 11.1 Å². The summed E-state index contributed by atoms with van der Waals surface area (Å²) >= 11 is 0. The van der Waals surface area contributed by atoms with E-state index in [0.717, 1.165) is 17.8 Å². The Morgan fingerprint density at radius 1 is 1.00 bits per heavy atom. The molecule has 0 amide bonds. The van der Waals surface area contributed by atoms with Crippen molar-refractivity contribution in [2.45, 2.75) is 6.42 Å². The first-order chi connectivity index (χ1) is 12.2. The molecule has 0 bridgehead atoms. The molecule has 0 aliphatic carbocycles. The Morgan fingerprint density at radius 3 is 2.48 bits per heavy atom. The highest BCUT2D eigenvalue weighted by molar-refractivity contribution is 5.93. The van der Waals surface area contributed by atoms with Gasteiger partial charge in [-0.3, -0.25) is 0 Å². The van der Waals surface area contributed by atoms with Gasteiger partial charge in [0.1, 0.15) is 0 Å². The molecule has 3 rings (SSSR count). The summed E-state index contributed by atoms with van der Waals surface area (Å²) in [7, 11) is 0. The molecule has 0 unspecified atom stereocenters. The number of aliphatic imine (C=N–C) groups is 1. The van der Waals surface area contributed by atoms with Gasteiger partial charge in [-0.2, -0.15) is 10.3 Å². The number of rotatable bonds is 4. The van der Waals surface area contributed by atoms with Crippen LogP contribution in [0.4, 0.5) is 11.5 Å². The quantitative estimate of drug-likeness (QED) is 0.566. The first-order valence-corrected chi connectivity index (χ1v) is 7.84. The van der Waals surface area contributed by atoms with E-state index in [0.29, 0.717) is 11.4 Å². The van der Waals surface area contributed by atoms with Gasteiger partial charge in [-0.05, 0) is 42.0 Å². The maximum absolute atomic E-state index is 8.81. The summed E-state index contributed by atoms with van der Waals surface area (Å²) in [4.78, 5) is 8.83. The molecule has 0 saturated carbocycles. The van der Waals surface area contributed by atoms with Crippen molar-refractivity contribution in [3.05, 3.63) is 89.6 Å². The summed E-state index contributed by atoms with van der Waals surface area (Å²) in [5.74, 6) is 0.793. The molecule has 0 atom stereocenters. The molecule has 0 aliphatic heterocycles. The van der Waals surface area contributed by atoms with Crippen LogP contribution in [0.2, 0.25) is 0 Å². The fraction of sp³-hybridized carbons (Fsp3) is 0.0500. The SMILES string of the molecule is N#Cc1ccc(NC(N)=Nc2cccc(Cc3ccccc3)n2)cc1. The number of anilines is 1. The molecule has 25 heavy (non-hydrogen) atoms. The molecule has 0 radical (unpaired) electrons. The average Bonchev–Trinajstić information content (AvgIpc) is 2.63. The lowest BCUT2D eigenvalue weighted by molar-refractivity contribution is 1.07. The smallest absolute Gasteiger partial charge is 0.199 e. The number of benzene rings is 2. The van der Waals surface area contributed by atoms with Gasteiger partial charge >= 0.3 is 0 Å². The van der Waals surface area contributed by atoms with E-state index in [9.17, 15) is 0 Å². The second-order valence-electron chi connectivity index (χ2n) is 5.46. The van der Waals surface area contributed by atoms with Crippen molar-refractivity contribution in [1.29, 1.82) is 5.26 Å². The predicted octanol–water partition coefficient (Wildman–Crippen LogP) is 3.60. The maximum atomic E-state index is 8.81. The summed E-state index contributed by atoms with van der Waals surface area (Å²) < 4.78 is 0. The number of nitrogens with one attached hydrogen (secondary N) is 1. The van der Waals surface area contributed by atoms with Crippen LogP contribution in [0.3, 0.4) is 0 Å². The highest BCUT2D eigenvalue weighted by Gasteiger charge is 2.01. The van der Waals surface area contributed by atoms with Gasteiger partial charge in [-0.25, -0.2) is 4.98 Å². The monoisotopic (exact) mass is 327 g/mol. The second kappa shape index (κ2) is 7.75. The zero-order chi connectivity index (χ0) is 17.5. The van der Waals surface area contributed by atoms with Gasteiger partial charge in [0.25, 0.3) is 0 Å². The van der Waals surface area contributed by atoms with Gasteiger partial charge in [-0.15, -0.1) is 0 Å². The summed E-state index contributed by atoms with van der Waals surface area (Å²) in [5.41, 5.74) is 9.43. The Labute approximate surface area is 146 Å². The van der Waals surface area contributed by atoms with E-state index in [-0.39, 0.29) is 5.96 Å². The van der Waals surface area contributed by atoms with E-state index in [1.807, 2.05) is 36.4 Å². The lowest BCUT2D eigenvalue weighted by atomic mass is 10.1. The minimum absolute atomic E-state index is 0.245. The van der Waals surface area contributed by atoms with Crippen molar-refractivity contribution in [3.63, 3.8) is 0 Å². The van der Waals surface area contributed by atoms with E-state index in [1.165, 1.54) is 5.56 Å². The van der Waals surface area contributed by atoms with Gasteiger partial charge in [0.15, 0.2) is 11.8 Å². The van der Waals surface area contributed by atoms with Crippen molar-refractivity contribution < 1.29 is 0 Å². The molecule has 0 aliphatic rings. The van der Waals surface area contributed by atoms with Gasteiger partial charge in [-0.1, -0.05) is 36.4 Å². The zero-order valence-electron chi connectivity index (χ0n) is 13.6. The van der Waals surface area contributed by atoms with Crippen LogP contribution in [-0.4, -0.2) is 10.9 Å². The number of pyridine rings is 1. The fourth-order valence-corrected chi connectivity index (χ4v) is 2.36. The third kappa shape index (κ3) is 4.66. The minimum Gasteiger partial charge on any atom is -0.369 e. The van der Waals surface area contributed by atoms with Crippen LogP contribution in [0.15, 0.2) is 77.8 Å². The van der Waals surface area contributed by atoms with Gasteiger partial charge in [0.05, 0.1) is 11.6 Å². The van der Waals surface area contributed by atoms with Crippen LogP contribution in [-0.2, 0) is 6.42 Å². The Hall–Kier alpha value is -3.65. The Bertz CT molecular complexity index is 909. The van der Waals surface area contributed by atoms with Crippen molar-refractivity contribution in [2.24, 2.45) is 10.7 Å². The average molecular weight is 327 g/mol. The number of hydrogen-bond donors (Lipinski definition) is 2. The van der Waals surface area contributed by atoms with Crippen LogP contribution >= 0.6 is 0 Å². The molecule has 2 aromatic carbocycles. The number of aromatic nitrogens is 1. The van der Waals surface area contributed by atoms with E-state index < -0.39 is 0 Å². The summed E-state index contributed by atoms with van der Waals surface area (Å²) in [6, 6.07) is 24.9. The first-order valence-electron chi connectivity index (χ1n) is 7.84. The first kappa shape index (κ1) is 16.2. The molecule has 1 aromatic heterocycles. The molecule has 0 saturated heterocycles. The number of nitrogens with two attached hydrogens (primary N) is 1. The normalized spacial score (nSPS) is 10.9. The maximum Gasteiger partial charge on any atom is 0.199 e. The van der Waals surface area contributed by atoms with Crippen molar-refractivity contribution in [3.8, 4) is 6.07 Å². The summed E-state index contributed by atoms with van der Waals surface area (Å²) in [6.07, 6.45) is 0.743. The van der Waals surface area contributed by atoms with Crippen LogP contribution in [0.1, 0.15) is 16.8 Å². The highest BCUT2D eigenvalue weighted by atomic mass is 15.1. The van der Waals surface area contributed by atoms with E-state index >= 15 is 0 Å². The molecule has 3 N–H and O–H groups in total. The third-order valence-electron chi connectivity index (χ3n) is 3.54. The molecular formula is C20H17N5.